The van der Waals surface area contributed by atoms with Crippen LogP contribution in [0.25, 0.3) is 10.4 Å². The van der Waals surface area contributed by atoms with E-state index in [9.17, 15) is 4.79 Å². The number of ether oxygens (including phenoxy) is 5. The van der Waals surface area contributed by atoms with Crippen molar-refractivity contribution in [2.75, 3.05) is 79.1 Å². The molecular formula is C23H45N5O6. The Bertz CT molecular complexity index is 572. The van der Waals surface area contributed by atoms with Crippen LogP contribution in [0, 0.1) is 5.92 Å². The lowest BCUT2D eigenvalue weighted by molar-refractivity contribution is -0.122. The number of amides is 1. The van der Waals surface area contributed by atoms with Crippen LogP contribution in [0.1, 0.15) is 40.5 Å². The predicted molar refractivity (Wildman–Crippen MR) is 132 cm³/mol. The zero-order valence-corrected chi connectivity index (χ0v) is 21.4. The van der Waals surface area contributed by atoms with Crippen molar-refractivity contribution >= 4 is 5.91 Å². The van der Waals surface area contributed by atoms with E-state index in [0.717, 1.165) is 13.1 Å². The van der Waals surface area contributed by atoms with Crippen molar-refractivity contribution in [3.8, 4) is 0 Å². The van der Waals surface area contributed by atoms with Crippen LogP contribution in [-0.2, 0) is 28.5 Å². The summed E-state index contributed by atoms with van der Waals surface area (Å²) in [6.07, 6.45) is 4.73. The van der Waals surface area contributed by atoms with Crippen LogP contribution in [0.3, 0.4) is 0 Å². The lowest BCUT2D eigenvalue weighted by Gasteiger charge is -2.24. The van der Waals surface area contributed by atoms with Crippen LogP contribution in [0.5, 0.6) is 0 Å². The summed E-state index contributed by atoms with van der Waals surface area (Å²) in [6, 6.07) is 0. The molecular weight excluding hydrogens is 442 g/mol. The predicted octanol–water partition coefficient (Wildman–Crippen LogP) is 2.81. The van der Waals surface area contributed by atoms with E-state index in [1.165, 1.54) is 0 Å². The maximum absolute atomic E-state index is 11.7. The first-order chi connectivity index (χ1) is 16.4. The number of likely N-dealkylation sites (N-methyl/N-ethyl adjacent to an activating group) is 1. The molecule has 11 heteroatoms. The van der Waals surface area contributed by atoms with Crippen molar-refractivity contribution in [3.63, 3.8) is 0 Å². The third-order valence-corrected chi connectivity index (χ3v) is 4.44. The molecule has 0 saturated carbocycles. The third kappa shape index (κ3) is 22.1. The number of carbonyl (C=O) groups is 1. The van der Waals surface area contributed by atoms with E-state index in [4.69, 9.17) is 29.2 Å². The second-order valence-corrected chi connectivity index (χ2v) is 7.99. The molecule has 0 rings (SSSR count). The molecule has 0 radical (unpaired) electrons. The monoisotopic (exact) mass is 487 g/mol. The number of allylic oxidation sites excluding steroid dienone is 1. The Balaban J connectivity index is 3.71. The fourth-order valence-electron chi connectivity index (χ4n) is 2.56. The van der Waals surface area contributed by atoms with Crippen LogP contribution < -0.4 is 10.6 Å². The number of azide groups is 1. The molecule has 0 aromatic heterocycles. The molecule has 0 fully saturated rings. The summed E-state index contributed by atoms with van der Waals surface area (Å²) < 4.78 is 27.5. The largest absolute Gasteiger partial charge is 0.379 e. The van der Waals surface area contributed by atoms with E-state index < -0.39 is 5.72 Å². The Morgan fingerprint density at radius 1 is 1.00 bits per heavy atom. The molecule has 11 nitrogen and oxygen atoms in total. The molecule has 0 saturated heterocycles. The molecule has 0 aliphatic heterocycles. The summed E-state index contributed by atoms with van der Waals surface area (Å²) in [5.74, 6) is 0.432. The normalized spacial score (nSPS) is 13.2. The zero-order chi connectivity index (χ0) is 25.3. The second kappa shape index (κ2) is 23.0. The molecule has 1 atom stereocenters. The molecule has 2 N–H and O–H groups in total. The van der Waals surface area contributed by atoms with Crippen LogP contribution in [0.4, 0.5) is 0 Å². The molecule has 34 heavy (non-hydrogen) atoms. The first-order valence-corrected chi connectivity index (χ1v) is 12.1. The van der Waals surface area contributed by atoms with E-state index in [0.29, 0.717) is 78.2 Å². The van der Waals surface area contributed by atoms with Gasteiger partial charge in [0.05, 0.1) is 52.9 Å². The van der Waals surface area contributed by atoms with Crippen molar-refractivity contribution in [2.45, 2.75) is 46.3 Å². The highest BCUT2D eigenvalue weighted by atomic mass is 16.6. The number of nitrogens with one attached hydrogen (secondary N) is 2. The summed E-state index contributed by atoms with van der Waals surface area (Å²) in [4.78, 5) is 14.5. The number of rotatable bonds is 24. The molecule has 0 aromatic carbocycles. The number of carbonyl (C=O) groups excluding carboxylic acids is 1. The summed E-state index contributed by atoms with van der Waals surface area (Å²) in [5, 5.41) is 9.74. The maximum Gasteiger partial charge on any atom is 0.222 e. The first-order valence-electron chi connectivity index (χ1n) is 12.1. The Kier molecular flexibility index (Phi) is 21.9. The minimum atomic E-state index is -1.00. The Morgan fingerprint density at radius 3 is 2.26 bits per heavy atom. The summed E-state index contributed by atoms with van der Waals surface area (Å²) in [7, 11) is 0. The van der Waals surface area contributed by atoms with Crippen LogP contribution >= 0.6 is 0 Å². The van der Waals surface area contributed by atoms with E-state index >= 15 is 0 Å². The summed E-state index contributed by atoms with van der Waals surface area (Å²) in [5.41, 5.74) is 7.82. The van der Waals surface area contributed by atoms with Gasteiger partial charge >= 0.3 is 0 Å². The van der Waals surface area contributed by atoms with Crippen molar-refractivity contribution < 1.29 is 28.5 Å². The van der Waals surface area contributed by atoms with Gasteiger partial charge in [0.15, 0.2) is 0 Å². The SMILES string of the molecule is CCNCCOCCOCCC(C)(N=[N+]=[N-])OCCOCCOCCC(=O)NC/C=C/C(C)C. The van der Waals surface area contributed by atoms with Crippen LogP contribution in [-0.4, -0.2) is 90.7 Å². The van der Waals surface area contributed by atoms with Crippen molar-refractivity contribution in [1.29, 1.82) is 0 Å². The Hall–Kier alpha value is -1.72. The van der Waals surface area contributed by atoms with Gasteiger partial charge in [-0.1, -0.05) is 38.0 Å². The van der Waals surface area contributed by atoms with E-state index in [1.54, 1.807) is 6.92 Å². The van der Waals surface area contributed by atoms with Gasteiger partial charge in [0.1, 0.15) is 5.72 Å². The average Bonchev–Trinajstić information content (AvgIpc) is 2.80. The minimum Gasteiger partial charge on any atom is -0.379 e. The van der Waals surface area contributed by atoms with Gasteiger partial charge in [0.2, 0.25) is 5.91 Å². The molecule has 0 aromatic rings. The molecule has 0 aliphatic rings. The smallest absolute Gasteiger partial charge is 0.222 e. The Morgan fingerprint density at radius 2 is 1.62 bits per heavy atom. The highest BCUT2D eigenvalue weighted by Gasteiger charge is 2.23. The number of hydrogen-bond acceptors (Lipinski definition) is 8. The van der Waals surface area contributed by atoms with E-state index in [2.05, 4.69) is 34.5 Å². The molecule has 1 amide bonds. The van der Waals surface area contributed by atoms with Crippen molar-refractivity contribution in [1.82, 2.24) is 10.6 Å². The maximum atomic E-state index is 11.7. The van der Waals surface area contributed by atoms with Crippen molar-refractivity contribution in [3.05, 3.63) is 22.6 Å². The standard InChI is InChI=1S/C23H45N5O6/c1-5-25-11-14-32-17-16-31-13-9-23(4,27-28-24)34-20-19-33-18-15-30-12-8-22(29)26-10-6-7-21(2)3/h6-7,21,25H,5,8-20H2,1-4H3,(H,26,29)/b7-6+. The average molecular weight is 488 g/mol. The zero-order valence-electron chi connectivity index (χ0n) is 21.4. The van der Waals surface area contributed by atoms with Gasteiger partial charge in [-0.15, -0.1) is 0 Å². The third-order valence-electron chi connectivity index (χ3n) is 4.44. The fourth-order valence-corrected chi connectivity index (χ4v) is 2.56. The van der Waals surface area contributed by atoms with Gasteiger partial charge in [0, 0.05) is 37.4 Å². The van der Waals surface area contributed by atoms with Crippen LogP contribution in [0.2, 0.25) is 0 Å². The number of nitrogens with zero attached hydrogens (tertiary/aromatic N) is 3. The molecule has 0 bridgehead atoms. The lowest BCUT2D eigenvalue weighted by atomic mass is 10.2. The summed E-state index contributed by atoms with van der Waals surface area (Å²) >= 11 is 0. The van der Waals surface area contributed by atoms with Gasteiger partial charge in [-0.3, -0.25) is 4.79 Å². The number of hydrogen-bond donors (Lipinski definition) is 2. The van der Waals surface area contributed by atoms with E-state index in [-0.39, 0.29) is 12.5 Å². The Labute approximate surface area is 204 Å². The molecule has 0 spiro atoms. The van der Waals surface area contributed by atoms with Gasteiger partial charge < -0.3 is 34.3 Å². The van der Waals surface area contributed by atoms with Crippen LogP contribution in [0.15, 0.2) is 17.3 Å². The summed E-state index contributed by atoms with van der Waals surface area (Å²) in [6.45, 7) is 14.0. The lowest BCUT2D eigenvalue weighted by Crippen LogP contribution is -2.29. The molecule has 0 heterocycles. The molecule has 0 aliphatic carbocycles. The van der Waals surface area contributed by atoms with Crippen molar-refractivity contribution in [2.24, 2.45) is 11.0 Å². The van der Waals surface area contributed by atoms with E-state index in [1.807, 2.05) is 19.1 Å². The molecule has 198 valence electrons. The van der Waals surface area contributed by atoms with Gasteiger partial charge in [-0.2, -0.15) is 0 Å². The quantitative estimate of drug-likeness (QED) is 0.0702. The minimum absolute atomic E-state index is 0.0409. The topological polar surface area (TPSA) is 136 Å². The second-order valence-electron chi connectivity index (χ2n) is 7.99. The fraction of sp³-hybridized carbons (Fsp3) is 0.870. The van der Waals surface area contributed by atoms with Gasteiger partial charge in [-0.05, 0) is 24.9 Å². The van der Waals surface area contributed by atoms with Gasteiger partial charge in [-0.25, -0.2) is 0 Å². The van der Waals surface area contributed by atoms with Gasteiger partial charge in [0.25, 0.3) is 0 Å². The first kappa shape index (κ1) is 32.3. The highest BCUT2D eigenvalue weighted by Crippen LogP contribution is 2.17. The molecule has 1 unspecified atom stereocenters. The highest BCUT2D eigenvalue weighted by molar-refractivity contribution is 5.76.